The maximum atomic E-state index is 13.2. The van der Waals surface area contributed by atoms with E-state index >= 15 is 0 Å². The van der Waals surface area contributed by atoms with Crippen molar-refractivity contribution < 1.29 is 9.59 Å². The zero-order valence-electron chi connectivity index (χ0n) is 28.9. The number of nitrogens with zero attached hydrogens (tertiary/aromatic N) is 5. The zero-order chi connectivity index (χ0) is 34.6. The van der Waals surface area contributed by atoms with Crippen molar-refractivity contribution >= 4 is 34.3 Å². The second-order valence-electron chi connectivity index (χ2n) is 14.0. The van der Waals surface area contributed by atoms with Crippen molar-refractivity contribution in [1.82, 2.24) is 4.98 Å². The maximum Gasteiger partial charge on any atom is 0.185 e. The highest BCUT2D eigenvalue weighted by Crippen LogP contribution is 2.38. The van der Waals surface area contributed by atoms with Crippen molar-refractivity contribution in [3.8, 4) is 0 Å². The number of hydrogen-bond donors (Lipinski definition) is 0. The van der Waals surface area contributed by atoms with Gasteiger partial charge in [0, 0.05) is 22.3 Å². The molecule has 0 unspecified atom stereocenters. The fraction of sp³-hybridized carbons (Fsp3) is 0.244. The molecular formula is C41H41N5O2. The van der Waals surface area contributed by atoms with Gasteiger partial charge in [0.05, 0.1) is 22.8 Å². The van der Waals surface area contributed by atoms with Crippen LogP contribution in [-0.2, 0) is 9.59 Å². The van der Waals surface area contributed by atoms with E-state index in [0.717, 1.165) is 11.1 Å². The van der Waals surface area contributed by atoms with E-state index in [1.54, 1.807) is 0 Å². The second-order valence-corrected chi connectivity index (χ2v) is 14.0. The highest BCUT2D eigenvalue weighted by Gasteiger charge is 2.30. The quantitative estimate of drug-likeness (QED) is 0.252. The molecule has 5 rings (SSSR count). The maximum absolute atomic E-state index is 13.2. The van der Waals surface area contributed by atoms with Crippen LogP contribution < -0.4 is 0 Å². The number of carbonyl (C=O) groups is 2. The van der Waals surface area contributed by atoms with Gasteiger partial charge < -0.3 is 0 Å². The Kier molecular flexibility index (Phi) is 9.71. The Balaban J connectivity index is 1.76. The standard InChI is InChI=1S/C41H41N5O2/c1-26-22-28(24-32(38(26)47)40(3,4)5)36(45-43-30-16-11-9-12-17-30)34-20-15-21-35(42-34)37(46-44-31-18-13-10-14-19-31)29-23-27(2)39(48)33(25-29)41(6,7)8/h9-25H,1-8H3/b36-28+,37-29+,45-43?,46-44?. The fourth-order valence-corrected chi connectivity index (χ4v) is 5.35. The lowest BCUT2D eigenvalue weighted by molar-refractivity contribution is -0.113. The molecule has 242 valence electrons. The van der Waals surface area contributed by atoms with E-state index in [2.05, 4.69) is 10.2 Å². The average molecular weight is 636 g/mol. The van der Waals surface area contributed by atoms with E-state index in [1.165, 1.54) is 0 Å². The molecule has 0 radical (unpaired) electrons. The summed E-state index contributed by atoms with van der Waals surface area (Å²) in [7, 11) is 0. The van der Waals surface area contributed by atoms with Crippen LogP contribution in [0.5, 0.6) is 0 Å². The minimum Gasteiger partial charge on any atom is -0.289 e. The summed E-state index contributed by atoms with van der Waals surface area (Å²) >= 11 is 0. The Morgan fingerprint density at radius 1 is 0.521 bits per heavy atom. The minimum atomic E-state index is -0.385. The molecule has 1 heterocycles. The number of hydrogen-bond acceptors (Lipinski definition) is 7. The van der Waals surface area contributed by atoms with Gasteiger partial charge in [0.1, 0.15) is 11.4 Å². The van der Waals surface area contributed by atoms with Crippen LogP contribution in [0.25, 0.3) is 11.4 Å². The van der Waals surface area contributed by atoms with Crippen LogP contribution in [-0.4, -0.2) is 16.6 Å². The monoisotopic (exact) mass is 635 g/mol. The number of Topliss-reactive ketones (excluding diaryl/α,β-unsaturated/α-hetero) is 2. The molecule has 2 aromatic carbocycles. The zero-order valence-corrected chi connectivity index (χ0v) is 28.9. The van der Waals surface area contributed by atoms with Crippen molar-refractivity contribution in [3.63, 3.8) is 0 Å². The van der Waals surface area contributed by atoms with Crippen molar-refractivity contribution in [3.05, 3.63) is 148 Å². The Morgan fingerprint density at radius 3 is 1.25 bits per heavy atom. The topological polar surface area (TPSA) is 96.5 Å². The number of rotatable bonds is 6. The van der Waals surface area contributed by atoms with E-state index in [0.29, 0.717) is 56.4 Å². The van der Waals surface area contributed by atoms with Gasteiger partial charge in [-0.3, -0.25) is 9.59 Å². The smallest absolute Gasteiger partial charge is 0.185 e. The van der Waals surface area contributed by atoms with E-state index in [4.69, 9.17) is 15.2 Å². The normalized spacial score (nSPS) is 18.1. The number of azo groups is 2. The van der Waals surface area contributed by atoms with Crippen LogP contribution in [0.2, 0.25) is 0 Å². The molecule has 48 heavy (non-hydrogen) atoms. The van der Waals surface area contributed by atoms with Gasteiger partial charge in [-0.2, -0.15) is 10.2 Å². The van der Waals surface area contributed by atoms with Crippen LogP contribution in [0.4, 0.5) is 11.4 Å². The van der Waals surface area contributed by atoms with Gasteiger partial charge in [0.25, 0.3) is 0 Å². The van der Waals surface area contributed by atoms with Gasteiger partial charge >= 0.3 is 0 Å². The lowest BCUT2D eigenvalue weighted by Crippen LogP contribution is -2.21. The lowest BCUT2D eigenvalue weighted by atomic mass is 9.78. The summed E-state index contributed by atoms with van der Waals surface area (Å²) < 4.78 is 0. The Bertz CT molecular complexity index is 1860. The molecule has 0 atom stereocenters. The fourth-order valence-electron chi connectivity index (χ4n) is 5.35. The van der Waals surface area contributed by atoms with Gasteiger partial charge in [-0.1, -0.05) is 84.0 Å². The highest BCUT2D eigenvalue weighted by molar-refractivity contribution is 6.12. The van der Waals surface area contributed by atoms with E-state index < -0.39 is 0 Å². The van der Waals surface area contributed by atoms with E-state index in [9.17, 15) is 9.59 Å². The van der Waals surface area contributed by atoms with Crippen molar-refractivity contribution in [1.29, 1.82) is 0 Å². The van der Waals surface area contributed by atoms with E-state index in [-0.39, 0.29) is 22.4 Å². The summed E-state index contributed by atoms with van der Waals surface area (Å²) in [4.78, 5) is 31.5. The number of ketones is 2. The molecule has 7 nitrogen and oxygen atoms in total. The minimum absolute atomic E-state index is 0.0103. The van der Waals surface area contributed by atoms with Gasteiger partial charge in [0.15, 0.2) is 11.6 Å². The van der Waals surface area contributed by atoms with Crippen molar-refractivity contribution in [2.24, 2.45) is 31.3 Å². The Morgan fingerprint density at radius 2 is 0.896 bits per heavy atom. The Hall–Kier alpha value is -5.43. The molecular weight excluding hydrogens is 594 g/mol. The van der Waals surface area contributed by atoms with Gasteiger partial charge in [-0.15, -0.1) is 10.2 Å². The highest BCUT2D eigenvalue weighted by atomic mass is 16.1. The molecule has 2 aliphatic rings. The van der Waals surface area contributed by atoms with Crippen LogP contribution in [0.15, 0.2) is 157 Å². The molecule has 7 heteroatoms. The predicted molar refractivity (Wildman–Crippen MR) is 193 cm³/mol. The summed E-state index contributed by atoms with van der Waals surface area (Å²) in [6.07, 6.45) is 7.48. The molecule has 2 aliphatic carbocycles. The summed E-state index contributed by atoms with van der Waals surface area (Å²) in [6.45, 7) is 15.8. The van der Waals surface area contributed by atoms with Gasteiger partial charge in [0.2, 0.25) is 0 Å². The van der Waals surface area contributed by atoms with Gasteiger partial charge in [-0.25, -0.2) is 4.98 Å². The number of aromatic nitrogens is 1. The molecule has 0 saturated carbocycles. The number of benzene rings is 2. The number of carbonyl (C=O) groups excluding carboxylic acids is 2. The third kappa shape index (κ3) is 7.74. The van der Waals surface area contributed by atoms with Gasteiger partial charge in [-0.05, 0) is 96.5 Å². The molecule has 0 N–H and O–H groups in total. The predicted octanol–water partition coefficient (Wildman–Crippen LogP) is 11.1. The average Bonchev–Trinajstić information content (AvgIpc) is 3.04. The first-order chi connectivity index (χ1) is 22.7. The van der Waals surface area contributed by atoms with Crippen molar-refractivity contribution in [2.75, 3.05) is 0 Å². The molecule has 1 aromatic heterocycles. The van der Waals surface area contributed by atoms with Crippen LogP contribution in [0.1, 0.15) is 66.8 Å². The molecule has 0 amide bonds. The summed E-state index contributed by atoms with van der Waals surface area (Å²) in [5, 5.41) is 18.6. The molecule has 0 fully saturated rings. The molecule has 0 spiro atoms. The van der Waals surface area contributed by atoms with Crippen LogP contribution in [0, 0.1) is 10.8 Å². The first-order valence-corrected chi connectivity index (χ1v) is 16.0. The molecule has 0 saturated heterocycles. The lowest BCUT2D eigenvalue weighted by Gasteiger charge is -2.25. The first kappa shape index (κ1) is 33.9. The van der Waals surface area contributed by atoms with Crippen LogP contribution >= 0.6 is 0 Å². The largest absolute Gasteiger partial charge is 0.289 e. The number of pyridine rings is 1. The molecule has 0 bridgehead atoms. The second kappa shape index (κ2) is 13.7. The van der Waals surface area contributed by atoms with E-state index in [1.807, 2.05) is 159 Å². The molecule has 3 aromatic rings. The summed E-state index contributed by atoms with van der Waals surface area (Å²) in [6, 6.07) is 24.6. The summed E-state index contributed by atoms with van der Waals surface area (Å²) in [5.74, 6) is 0.0205. The SMILES string of the molecule is CC1=C/C(=C(\N=Nc2ccccc2)c2cccc(/C(N=Nc3ccccc3)=C3/C=C(C)C(=O)C(C(C)(C)C)=C3)n2)C=C(C(C)(C)C)C1=O. The number of allylic oxidation sites excluding steroid dienone is 10. The first-order valence-electron chi connectivity index (χ1n) is 16.0. The van der Waals surface area contributed by atoms with Crippen molar-refractivity contribution in [2.45, 2.75) is 55.4 Å². The van der Waals surface area contributed by atoms with Crippen LogP contribution in [0.3, 0.4) is 0 Å². The third-order valence-corrected chi connectivity index (χ3v) is 7.99. The molecule has 0 aliphatic heterocycles. The third-order valence-electron chi connectivity index (χ3n) is 7.99. The summed E-state index contributed by atoms with van der Waals surface area (Å²) in [5.41, 5.74) is 6.79. The Labute approximate surface area is 283 Å².